The molecule has 1 aromatic carbocycles. The molecule has 1 aliphatic carbocycles. The number of amides is 1. The third-order valence-electron chi connectivity index (χ3n) is 5.92. The molecule has 0 bridgehead atoms. The van der Waals surface area contributed by atoms with E-state index in [1.54, 1.807) is 23.5 Å². The van der Waals surface area contributed by atoms with E-state index in [0.717, 1.165) is 29.5 Å². The van der Waals surface area contributed by atoms with E-state index in [0.29, 0.717) is 34.2 Å². The number of benzene rings is 1. The Labute approximate surface area is 185 Å². The molecule has 1 N–H and O–H groups in total. The summed E-state index contributed by atoms with van der Waals surface area (Å²) in [4.78, 5) is 27.7. The molecule has 31 heavy (non-hydrogen) atoms. The lowest BCUT2D eigenvalue weighted by molar-refractivity contribution is -0.117. The van der Waals surface area contributed by atoms with E-state index >= 15 is 0 Å². The minimum absolute atomic E-state index is 0.197. The molecule has 3 aromatic rings. The van der Waals surface area contributed by atoms with Crippen LogP contribution in [0.2, 0.25) is 0 Å². The molecular formula is C23H28N4O3S. The number of aromatic nitrogens is 3. The summed E-state index contributed by atoms with van der Waals surface area (Å²) >= 11 is 1.57. The van der Waals surface area contributed by atoms with Gasteiger partial charge in [0.1, 0.15) is 12.3 Å². The van der Waals surface area contributed by atoms with Crippen LogP contribution in [-0.4, -0.2) is 27.5 Å². The summed E-state index contributed by atoms with van der Waals surface area (Å²) in [5, 5.41) is 11.7. The van der Waals surface area contributed by atoms with E-state index in [2.05, 4.69) is 36.4 Å². The molecule has 164 valence electrons. The third kappa shape index (κ3) is 4.35. The van der Waals surface area contributed by atoms with Gasteiger partial charge in [0.05, 0.1) is 17.7 Å². The Kier molecular flexibility index (Phi) is 5.83. The number of fused-ring (bicyclic) bond motifs is 3. The van der Waals surface area contributed by atoms with Crippen LogP contribution in [0, 0.1) is 11.3 Å². The van der Waals surface area contributed by atoms with Crippen molar-refractivity contribution in [3.63, 3.8) is 0 Å². The minimum atomic E-state index is -0.347. The van der Waals surface area contributed by atoms with Crippen molar-refractivity contribution in [2.45, 2.75) is 53.5 Å². The molecule has 0 saturated heterocycles. The Morgan fingerprint density at radius 3 is 2.84 bits per heavy atom. The van der Waals surface area contributed by atoms with Gasteiger partial charge in [0.15, 0.2) is 4.83 Å². The number of para-hydroxylation sites is 2. The average Bonchev–Trinajstić information content (AvgIpc) is 3.09. The molecule has 0 unspecified atom stereocenters. The van der Waals surface area contributed by atoms with Gasteiger partial charge in [-0.25, -0.2) is 4.68 Å². The van der Waals surface area contributed by atoms with Gasteiger partial charge in [-0.1, -0.05) is 38.1 Å². The average molecular weight is 441 g/mol. The predicted molar refractivity (Wildman–Crippen MR) is 123 cm³/mol. The highest BCUT2D eigenvalue weighted by Crippen LogP contribution is 2.41. The number of nitrogens with one attached hydrogen (secondary N) is 1. The van der Waals surface area contributed by atoms with Crippen molar-refractivity contribution < 1.29 is 9.53 Å². The van der Waals surface area contributed by atoms with Crippen LogP contribution in [0.1, 0.15) is 44.6 Å². The number of carbonyl (C=O) groups is 1. The maximum atomic E-state index is 13.2. The Balaban J connectivity index is 1.58. The Morgan fingerprint density at radius 2 is 2.10 bits per heavy atom. The topological polar surface area (TPSA) is 86.1 Å². The van der Waals surface area contributed by atoms with Crippen LogP contribution in [0.5, 0.6) is 5.75 Å². The van der Waals surface area contributed by atoms with Crippen molar-refractivity contribution in [2.24, 2.45) is 11.3 Å². The van der Waals surface area contributed by atoms with Gasteiger partial charge in [0.2, 0.25) is 5.91 Å². The number of anilines is 1. The second-order valence-electron chi connectivity index (χ2n) is 9.02. The third-order valence-corrected chi connectivity index (χ3v) is 7.06. The van der Waals surface area contributed by atoms with E-state index in [1.807, 2.05) is 19.1 Å². The second-order valence-corrected chi connectivity index (χ2v) is 10.1. The lowest BCUT2D eigenvalue weighted by Gasteiger charge is -2.33. The zero-order chi connectivity index (χ0) is 22.2. The Hall–Kier alpha value is -2.74. The van der Waals surface area contributed by atoms with Gasteiger partial charge in [0, 0.05) is 4.88 Å². The SMILES string of the molecule is CCOc1ccccc1NC(=O)Cn1nnc2sc3c(c2c1=O)CC[C@@H](C(C)(C)C)C3. The second kappa shape index (κ2) is 8.42. The molecule has 2 aromatic heterocycles. The summed E-state index contributed by atoms with van der Waals surface area (Å²) in [5.41, 5.74) is 1.65. The zero-order valence-electron chi connectivity index (χ0n) is 18.4. The molecule has 0 radical (unpaired) electrons. The van der Waals surface area contributed by atoms with Crippen LogP contribution >= 0.6 is 11.3 Å². The first kappa shape index (κ1) is 21.5. The molecule has 1 aliphatic rings. The van der Waals surface area contributed by atoms with Gasteiger partial charge in [0.25, 0.3) is 5.56 Å². The van der Waals surface area contributed by atoms with Gasteiger partial charge in [-0.15, -0.1) is 16.4 Å². The van der Waals surface area contributed by atoms with Crippen LogP contribution in [-0.2, 0) is 24.2 Å². The van der Waals surface area contributed by atoms with Gasteiger partial charge in [-0.3, -0.25) is 9.59 Å². The number of rotatable bonds is 5. The highest BCUT2D eigenvalue weighted by molar-refractivity contribution is 7.18. The maximum Gasteiger partial charge on any atom is 0.279 e. The van der Waals surface area contributed by atoms with E-state index < -0.39 is 0 Å². The minimum Gasteiger partial charge on any atom is -0.492 e. The van der Waals surface area contributed by atoms with Crippen molar-refractivity contribution in [2.75, 3.05) is 11.9 Å². The highest BCUT2D eigenvalue weighted by Gasteiger charge is 2.32. The molecule has 4 rings (SSSR count). The van der Waals surface area contributed by atoms with Crippen LogP contribution in [0.4, 0.5) is 5.69 Å². The quantitative estimate of drug-likeness (QED) is 0.647. The fourth-order valence-corrected chi connectivity index (χ4v) is 5.38. The molecule has 1 atom stereocenters. The summed E-state index contributed by atoms with van der Waals surface area (Å²) in [6.45, 7) is 8.99. The van der Waals surface area contributed by atoms with Crippen LogP contribution in [0.15, 0.2) is 29.1 Å². The molecule has 0 aliphatic heterocycles. The summed E-state index contributed by atoms with van der Waals surface area (Å²) in [6, 6.07) is 7.22. The van der Waals surface area contributed by atoms with Crippen LogP contribution in [0.3, 0.4) is 0 Å². The summed E-state index contributed by atoms with van der Waals surface area (Å²) in [7, 11) is 0. The Morgan fingerprint density at radius 1 is 1.32 bits per heavy atom. The zero-order valence-corrected chi connectivity index (χ0v) is 19.2. The fraction of sp³-hybridized carbons (Fsp3) is 0.478. The van der Waals surface area contributed by atoms with Crippen molar-refractivity contribution in [1.29, 1.82) is 0 Å². The van der Waals surface area contributed by atoms with Gasteiger partial charge in [-0.05, 0) is 55.2 Å². The van der Waals surface area contributed by atoms with Crippen molar-refractivity contribution in [1.82, 2.24) is 15.0 Å². The molecule has 0 fully saturated rings. The highest BCUT2D eigenvalue weighted by atomic mass is 32.1. The van der Waals surface area contributed by atoms with Crippen LogP contribution in [0.25, 0.3) is 10.2 Å². The van der Waals surface area contributed by atoms with Crippen molar-refractivity contribution in [3.8, 4) is 5.75 Å². The summed E-state index contributed by atoms with van der Waals surface area (Å²) in [6.07, 6.45) is 2.89. The molecule has 8 heteroatoms. The van der Waals surface area contributed by atoms with E-state index in [9.17, 15) is 9.59 Å². The van der Waals surface area contributed by atoms with Crippen molar-refractivity contribution >= 4 is 33.1 Å². The molecule has 7 nitrogen and oxygen atoms in total. The van der Waals surface area contributed by atoms with E-state index in [1.165, 1.54) is 4.88 Å². The predicted octanol–water partition coefficient (Wildman–Crippen LogP) is 4.04. The molecule has 1 amide bonds. The largest absolute Gasteiger partial charge is 0.492 e. The molecule has 0 spiro atoms. The number of nitrogens with zero attached hydrogens (tertiary/aromatic N) is 3. The number of thiophene rings is 1. The maximum absolute atomic E-state index is 13.2. The standard InChI is InChI=1S/C23H28N4O3S/c1-5-30-17-9-7-6-8-16(17)24-19(28)13-27-22(29)20-15-11-10-14(23(2,3)4)12-18(15)31-21(20)25-26-27/h6-9,14H,5,10-13H2,1-4H3,(H,24,28)/t14-/m1/s1. The first-order chi connectivity index (χ1) is 14.8. The van der Waals surface area contributed by atoms with Crippen LogP contribution < -0.4 is 15.6 Å². The number of ether oxygens (including phenoxy) is 1. The molecular weight excluding hydrogens is 412 g/mol. The lowest BCUT2D eigenvalue weighted by Crippen LogP contribution is -2.31. The van der Waals surface area contributed by atoms with Gasteiger partial charge >= 0.3 is 0 Å². The number of hydrogen-bond acceptors (Lipinski definition) is 6. The van der Waals surface area contributed by atoms with E-state index in [4.69, 9.17) is 4.74 Å². The molecule has 2 heterocycles. The number of aryl methyl sites for hydroxylation is 1. The normalized spacial score (nSPS) is 16.2. The van der Waals surface area contributed by atoms with Gasteiger partial charge in [-0.2, -0.15) is 0 Å². The van der Waals surface area contributed by atoms with Gasteiger partial charge < -0.3 is 10.1 Å². The lowest BCUT2D eigenvalue weighted by atomic mass is 9.72. The molecule has 0 saturated carbocycles. The first-order valence-corrected chi connectivity index (χ1v) is 11.5. The first-order valence-electron chi connectivity index (χ1n) is 10.7. The summed E-state index contributed by atoms with van der Waals surface area (Å²) < 4.78 is 6.70. The van der Waals surface area contributed by atoms with E-state index in [-0.39, 0.29) is 23.4 Å². The summed E-state index contributed by atoms with van der Waals surface area (Å²) in [5.74, 6) is 0.826. The smallest absolute Gasteiger partial charge is 0.279 e. The number of hydrogen-bond donors (Lipinski definition) is 1. The monoisotopic (exact) mass is 440 g/mol. The fourth-order valence-electron chi connectivity index (χ4n) is 4.15. The van der Waals surface area contributed by atoms with Crippen molar-refractivity contribution in [3.05, 3.63) is 45.1 Å². The Bertz CT molecular complexity index is 1180. The number of carbonyl (C=O) groups excluding carboxylic acids is 1.